The SMILES string of the molecule is CC1CC(=O)O1.CCCCn1cc[n+](CCCC)c1C(=O)[O-]. The Labute approximate surface area is 131 Å². The molecule has 1 aliphatic heterocycles. The predicted octanol–water partition coefficient (Wildman–Crippen LogP) is 1.06. The van der Waals surface area contributed by atoms with E-state index >= 15 is 0 Å². The number of aromatic carboxylic acids is 1. The zero-order valence-corrected chi connectivity index (χ0v) is 13.7. The van der Waals surface area contributed by atoms with Gasteiger partial charge in [0.2, 0.25) is 0 Å². The van der Waals surface area contributed by atoms with Gasteiger partial charge in [0.25, 0.3) is 0 Å². The maximum absolute atomic E-state index is 11.1. The smallest absolute Gasteiger partial charge is 0.309 e. The van der Waals surface area contributed by atoms with Gasteiger partial charge in [0, 0.05) is 0 Å². The van der Waals surface area contributed by atoms with E-state index in [1.807, 2.05) is 19.3 Å². The van der Waals surface area contributed by atoms with E-state index in [2.05, 4.69) is 18.6 Å². The minimum Gasteiger partial charge on any atom is -0.538 e. The predicted molar refractivity (Wildman–Crippen MR) is 78.9 cm³/mol. The average molecular weight is 310 g/mol. The number of esters is 1. The number of aryl methyl sites for hydroxylation is 2. The number of carbonyl (C=O) groups excluding carboxylic acids is 2. The Balaban J connectivity index is 0.000000335. The number of hydrogen-bond donors (Lipinski definition) is 0. The summed E-state index contributed by atoms with van der Waals surface area (Å²) < 4.78 is 8.04. The molecule has 0 aliphatic carbocycles. The van der Waals surface area contributed by atoms with Crippen LogP contribution in [0.15, 0.2) is 12.4 Å². The summed E-state index contributed by atoms with van der Waals surface area (Å²) in [4.78, 5) is 21.0. The van der Waals surface area contributed by atoms with E-state index in [4.69, 9.17) is 0 Å². The first-order valence-corrected chi connectivity index (χ1v) is 7.98. The van der Waals surface area contributed by atoms with Gasteiger partial charge in [-0.1, -0.05) is 26.7 Å². The Morgan fingerprint density at radius 1 is 1.41 bits per heavy atom. The van der Waals surface area contributed by atoms with Crippen LogP contribution in [-0.4, -0.2) is 22.6 Å². The lowest BCUT2D eigenvalue weighted by atomic mass is 10.2. The normalized spacial score (nSPS) is 16.3. The quantitative estimate of drug-likeness (QED) is 0.557. The molecule has 2 heterocycles. The zero-order chi connectivity index (χ0) is 16.5. The van der Waals surface area contributed by atoms with Crippen LogP contribution in [0, 0.1) is 0 Å². The number of unbranched alkanes of at least 4 members (excludes halogenated alkanes) is 2. The molecule has 6 heteroatoms. The van der Waals surface area contributed by atoms with Crippen molar-refractivity contribution in [3.63, 3.8) is 0 Å². The third-order valence-corrected chi connectivity index (χ3v) is 3.45. The van der Waals surface area contributed by atoms with Gasteiger partial charge in [-0.05, 0) is 19.8 Å². The number of aromatic nitrogens is 2. The van der Waals surface area contributed by atoms with Crippen molar-refractivity contribution in [3.8, 4) is 0 Å². The van der Waals surface area contributed by atoms with Crippen molar-refractivity contribution < 1.29 is 24.0 Å². The molecule has 0 saturated carbocycles. The first-order valence-electron chi connectivity index (χ1n) is 7.98. The van der Waals surface area contributed by atoms with E-state index in [-0.39, 0.29) is 12.1 Å². The van der Waals surface area contributed by atoms with Crippen molar-refractivity contribution in [2.24, 2.45) is 0 Å². The summed E-state index contributed by atoms with van der Waals surface area (Å²) >= 11 is 0. The summed E-state index contributed by atoms with van der Waals surface area (Å²) in [5, 5.41) is 11.1. The van der Waals surface area contributed by atoms with Crippen molar-refractivity contribution in [1.82, 2.24) is 4.57 Å². The average Bonchev–Trinajstić information content (AvgIpc) is 2.85. The number of imidazole rings is 1. The standard InChI is InChI=1S/C12H20N2O2.C4H6O2/c1-3-5-7-13-9-10-14(8-6-4-2)11(13)12(15)16;1-3-2-4(5)6-3/h9-10H,3-8H2,1-2H3;3H,2H2,1H3. The molecule has 1 atom stereocenters. The summed E-state index contributed by atoms with van der Waals surface area (Å²) in [6.45, 7) is 7.56. The number of carboxylic acid groups (broad SMARTS) is 1. The maximum Gasteiger partial charge on any atom is 0.309 e. The van der Waals surface area contributed by atoms with Gasteiger partial charge in [-0.2, -0.15) is 0 Å². The van der Waals surface area contributed by atoms with Crippen LogP contribution in [0.4, 0.5) is 0 Å². The van der Waals surface area contributed by atoms with Crippen LogP contribution in [0.2, 0.25) is 0 Å². The minimum absolute atomic E-state index is 0.0671. The summed E-state index contributed by atoms with van der Waals surface area (Å²) in [6.07, 6.45) is 8.55. The molecule has 1 saturated heterocycles. The fourth-order valence-electron chi connectivity index (χ4n) is 2.17. The van der Waals surface area contributed by atoms with Gasteiger partial charge in [-0.3, -0.25) is 4.79 Å². The molecule has 0 aromatic carbocycles. The molecule has 1 unspecified atom stereocenters. The Kier molecular flexibility index (Phi) is 7.63. The zero-order valence-electron chi connectivity index (χ0n) is 13.7. The summed E-state index contributed by atoms with van der Waals surface area (Å²) in [5.41, 5.74) is 0. The highest BCUT2D eigenvalue weighted by Crippen LogP contribution is 2.10. The van der Waals surface area contributed by atoms with Crippen molar-refractivity contribution in [2.75, 3.05) is 0 Å². The molecule has 0 N–H and O–H groups in total. The molecule has 6 nitrogen and oxygen atoms in total. The van der Waals surface area contributed by atoms with Crippen LogP contribution in [0.1, 0.15) is 63.5 Å². The Morgan fingerprint density at radius 3 is 2.45 bits per heavy atom. The van der Waals surface area contributed by atoms with E-state index < -0.39 is 5.97 Å². The molecule has 0 spiro atoms. The largest absolute Gasteiger partial charge is 0.538 e. The first kappa shape index (κ1) is 18.2. The van der Waals surface area contributed by atoms with Crippen molar-refractivity contribution in [1.29, 1.82) is 0 Å². The molecule has 1 fully saturated rings. The third-order valence-electron chi connectivity index (χ3n) is 3.45. The second kappa shape index (κ2) is 9.23. The molecule has 124 valence electrons. The highest BCUT2D eigenvalue weighted by atomic mass is 16.6. The highest BCUT2D eigenvalue weighted by Gasteiger charge is 2.22. The van der Waals surface area contributed by atoms with E-state index in [1.165, 1.54) is 0 Å². The molecule has 22 heavy (non-hydrogen) atoms. The molecule has 0 amide bonds. The molecular formula is C16H26N2O4. The van der Waals surface area contributed by atoms with Gasteiger partial charge in [0.1, 0.15) is 18.5 Å². The highest BCUT2D eigenvalue weighted by molar-refractivity contribution is 5.79. The lowest BCUT2D eigenvalue weighted by molar-refractivity contribution is -0.701. The number of rotatable bonds is 7. The van der Waals surface area contributed by atoms with Gasteiger partial charge in [0.15, 0.2) is 5.97 Å². The van der Waals surface area contributed by atoms with Gasteiger partial charge in [-0.25, -0.2) is 9.13 Å². The summed E-state index contributed by atoms with van der Waals surface area (Å²) in [5.74, 6) is -0.860. The molecule has 2 rings (SSSR count). The molecule has 0 bridgehead atoms. The lowest BCUT2D eigenvalue weighted by Crippen LogP contribution is -2.44. The maximum atomic E-state index is 11.1. The lowest BCUT2D eigenvalue weighted by Gasteiger charge is -2.20. The van der Waals surface area contributed by atoms with E-state index in [1.54, 1.807) is 9.13 Å². The number of hydrogen-bond acceptors (Lipinski definition) is 4. The Bertz CT molecular complexity index is 463. The molecule has 1 aromatic rings. The van der Waals surface area contributed by atoms with E-state index in [0.717, 1.165) is 38.8 Å². The topological polar surface area (TPSA) is 75.2 Å². The number of carboxylic acids is 1. The van der Waals surface area contributed by atoms with E-state index in [9.17, 15) is 14.7 Å². The van der Waals surface area contributed by atoms with Crippen LogP contribution in [0.3, 0.4) is 0 Å². The molecule has 1 aliphatic rings. The van der Waals surface area contributed by atoms with Gasteiger partial charge in [0.05, 0.1) is 19.5 Å². The Hall–Kier alpha value is -1.85. The van der Waals surface area contributed by atoms with Gasteiger partial charge in [-0.15, -0.1) is 0 Å². The second-order valence-electron chi connectivity index (χ2n) is 5.51. The molecule has 0 radical (unpaired) electrons. The van der Waals surface area contributed by atoms with Crippen molar-refractivity contribution in [2.45, 2.75) is 72.1 Å². The van der Waals surface area contributed by atoms with E-state index in [0.29, 0.717) is 12.2 Å². The minimum atomic E-state index is -1.09. The van der Waals surface area contributed by atoms with Crippen LogP contribution in [0.25, 0.3) is 0 Å². The number of carbonyl (C=O) groups is 2. The van der Waals surface area contributed by atoms with Crippen molar-refractivity contribution >= 4 is 11.9 Å². The van der Waals surface area contributed by atoms with Crippen LogP contribution < -0.4 is 9.67 Å². The van der Waals surface area contributed by atoms with Gasteiger partial charge < -0.3 is 14.6 Å². The summed E-state index contributed by atoms with van der Waals surface area (Å²) in [7, 11) is 0. The number of ether oxygens (including phenoxy) is 1. The number of cyclic esters (lactones) is 1. The molecular weight excluding hydrogens is 284 g/mol. The monoisotopic (exact) mass is 310 g/mol. The Morgan fingerprint density at radius 2 is 2.05 bits per heavy atom. The van der Waals surface area contributed by atoms with Gasteiger partial charge >= 0.3 is 11.8 Å². The first-order chi connectivity index (χ1) is 10.5. The summed E-state index contributed by atoms with van der Waals surface area (Å²) in [6, 6.07) is 0. The van der Waals surface area contributed by atoms with Crippen LogP contribution >= 0.6 is 0 Å². The van der Waals surface area contributed by atoms with Crippen LogP contribution in [-0.2, 0) is 22.6 Å². The number of nitrogens with zero attached hydrogens (tertiary/aromatic N) is 2. The van der Waals surface area contributed by atoms with Crippen molar-refractivity contribution in [3.05, 3.63) is 18.2 Å². The molecule has 1 aromatic heterocycles. The second-order valence-corrected chi connectivity index (χ2v) is 5.51. The fraction of sp³-hybridized carbons (Fsp3) is 0.688. The van der Waals surface area contributed by atoms with Crippen LogP contribution in [0.5, 0.6) is 0 Å². The fourth-order valence-corrected chi connectivity index (χ4v) is 2.17. The third kappa shape index (κ3) is 5.50.